The molecule has 1 aliphatic rings. The lowest BCUT2D eigenvalue weighted by Crippen LogP contribution is -2.45. The molecule has 1 unspecified atom stereocenters. The van der Waals surface area contributed by atoms with Crippen LogP contribution in [0.5, 0.6) is 0 Å². The molecule has 1 aliphatic heterocycles. The number of nitrogens with one attached hydrogen (secondary N) is 1. The van der Waals surface area contributed by atoms with Gasteiger partial charge in [0.2, 0.25) is 0 Å². The lowest BCUT2D eigenvalue weighted by Gasteiger charge is -2.36. The van der Waals surface area contributed by atoms with Gasteiger partial charge in [-0.3, -0.25) is 4.90 Å². The molecule has 0 radical (unpaired) electrons. The molecule has 3 aromatic rings. The smallest absolute Gasteiger partial charge is 0.137 e. The summed E-state index contributed by atoms with van der Waals surface area (Å²) in [5.41, 5.74) is 4.36. The molecule has 3 heterocycles. The molecule has 0 spiro atoms. The number of hydrogen-bond donors (Lipinski definition) is 1. The maximum absolute atomic E-state index is 13.6. The molecule has 132 valence electrons. The fourth-order valence-corrected chi connectivity index (χ4v) is 3.44. The Hall–Kier alpha value is -1.95. The molecule has 0 amide bonds. The number of nitrogens with zero attached hydrogens (tertiary/aromatic N) is 3. The third kappa shape index (κ3) is 3.68. The van der Waals surface area contributed by atoms with Crippen molar-refractivity contribution >= 4 is 18.1 Å². The largest absolute Gasteiger partial charge is 0.314 e. The summed E-state index contributed by atoms with van der Waals surface area (Å²) in [4.78, 5) is 6.91. The second kappa shape index (κ2) is 7.52. The van der Waals surface area contributed by atoms with E-state index in [1.54, 1.807) is 12.1 Å². The molecular formula is C19H22ClFN4. The molecule has 6 heteroatoms. The SMILES string of the molecule is Cc1ccn2c(CN3CCNCC3c3cccc(F)c3)cnc2c1.Cl. The van der Waals surface area contributed by atoms with Crippen molar-refractivity contribution in [2.75, 3.05) is 19.6 Å². The molecule has 1 saturated heterocycles. The number of benzene rings is 1. The van der Waals surface area contributed by atoms with Crippen molar-refractivity contribution in [1.82, 2.24) is 19.6 Å². The molecule has 1 atom stereocenters. The minimum absolute atomic E-state index is 0. The Kier molecular flexibility index (Phi) is 5.37. The Morgan fingerprint density at radius 2 is 2.16 bits per heavy atom. The third-order valence-electron chi connectivity index (χ3n) is 4.70. The summed E-state index contributed by atoms with van der Waals surface area (Å²) in [6, 6.07) is 11.3. The lowest BCUT2D eigenvalue weighted by molar-refractivity contribution is 0.151. The van der Waals surface area contributed by atoms with Gasteiger partial charge in [0, 0.05) is 38.4 Å². The first-order valence-corrected chi connectivity index (χ1v) is 8.33. The first-order chi connectivity index (χ1) is 11.7. The molecule has 1 aromatic carbocycles. The fraction of sp³-hybridized carbons (Fsp3) is 0.316. The molecular weight excluding hydrogens is 339 g/mol. The topological polar surface area (TPSA) is 32.6 Å². The van der Waals surface area contributed by atoms with Gasteiger partial charge < -0.3 is 9.72 Å². The molecule has 2 aromatic heterocycles. The van der Waals surface area contributed by atoms with E-state index in [1.165, 1.54) is 11.6 Å². The fourth-order valence-electron chi connectivity index (χ4n) is 3.44. The zero-order valence-electron chi connectivity index (χ0n) is 14.2. The van der Waals surface area contributed by atoms with E-state index in [2.05, 4.69) is 44.9 Å². The minimum Gasteiger partial charge on any atom is -0.314 e. The van der Waals surface area contributed by atoms with Crippen molar-refractivity contribution in [1.29, 1.82) is 0 Å². The van der Waals surface area contributed by atoms with Crippen LogP contribution in [0.3, 0.4) is 0 Å². The highest BCUT2D eigenvalue weighted by Crippen LogP contribution is 2.25. The lowest BCUT2D eigenvalue weighted by atomic mass is 10.0. The minimum atomic E-state index is -0.177. The molecule has 0 bridgehead atoms. The Morgan fingerprint density at radius 1 is 1.28 bits per heavy atom. The number of piperazine rings is 1. The molecule has 0 saturated carbocycles. The van der Waals surface area contributed by atoms with Crippen molar-refractivity contribution < 1.29 is 4.39 Å². The number of pyridine rings is 1. The Bertz CT molecular complexity index is 864. The van der Waals surface area contributed by atoms with Crippen LogP contribution in [0, 0.1) is 12.7 Å². The number of fused-ring (bicyclic) bond motifs is 1. The Labute approximate surface area is 153 Å². The second-order valence-corrected chi connectivity index (χ2v) is 6.43. The van der Waals surface area contributed by atoms with Gasteiger partial charge in [0.1, 0.15) is 11.5 Å². The van der Waals surface area contributed by atoms with E-state index >= 15 is 0 Å². The normalized spacial score (nSPS) is 18.2. The quantitative estimate of drug-likeness (QED) is 0.777. The van der Waals surface area contributed by atoms with Crippen LogP contribution in [0.4, 0.5) is 4.39 Å². The van der Waals surface area contributed by atoms with Crippen LogP contribution in [0.2, 0.25) is 0 Å². The predicted octanol–water partition coefficient (Wildman–Crippen LogP) is 3.35. The first-order valence-electron chi connectivity index (χ1n) is 8.33. The number of hydrogen-bond acceptors (Lipinski definition) is 3. The number of aromatic nitrogens is 2. The van der Waals surface area contributed by atoms with Crippen LogP contribution in [0.15, 0.2) is 48.8 Å². The number of rotatable bonds is 3. The van der Waals surface area contributed by atoms with E-state index in [0.717, 1.165) is 43.1 Å². The standard InChI is InChI=1S/C19H21FN4.ClH/c1-14-5-7-24-17(11-22-19(24)9-14)13-23-8-6-21-12-18(23)15-3-2-4-16(20)10-15;/h2-5,7,9-11,18,21H,6,8,12-13H2,1H3;1H. The van der Waals surface area contributed by atoms with Crippen molar-refractivity contribution in [3.8, 4) is 0 Å². The highest BCUT2D eigenvalue weighted by Gasteiger charge is 2.25. The summed E-state index contributed by atoms with van der Waals surface area (Å²) in [6.07, 6.45) is 4.02. The van der Waals surface area contributed by atoms with Gasteiger partial charge >= 0.3 is 0 Å². The maximum Gasteiger partial charge on any atom is 0.137 e. The van der Waals surface area contributed by atoms with Crippen LogP contribution in [-0.2, 0) is 6.54 Å². The van der Waals surface area contributed by atoms with E-state index in [-0.39, 0.29) is 24.3 Å². The molecule has 0 aliphatic carbocycles. The van der Waals surface area contributed by atoms with Gasteiger partial charge in [0.05, 0.1) is 11.9 Å². The average Bonchev–Trinajstić information content (AvgIpc) is 2.97. The number of halogens is 2. The van der Waals surface area contributed by atoms with E-state index in [0.29, 0.717) is 0 Å². The summed E-state index contributed by atoms with van der Waals surface area (Å²) in [5, 5.41) is 3.42. The van der Waals surface area contributed by atoms with Crippen molar-refractivity contribution in [3.05, 3.63) is 71.4 Å². The van der Waals surface area contributed by atoms with Crippen molar-refractivity contribution in [2.45, 2.75) is 19.5 Å². The summed E-state index contributed by atoms with van der Waals surface area (Å²) in [5.74, 6) is -0.177. The zero-order valence-corrected chi connectivity index (χ0v) is 15.0. The summed E-state index contributed by atoms with van der Waals surface area (Å²) < 4.78 is 15.8. The summed E-state index contributed by atoms with van der Waals surface area (Å²) in [7, 11) is 0. The van der Waals surface area contributed by atoms with Gasteiger partial charge in [-0.2, -0.15) is 0 Å². The number of aryl methyl sites for hydroxylation is 1. The van der Waals surface area contributed by atoms with Crippen LogP contribution in [0.1, 0.15) is 22.9 Å². The predicted molar refractivity (Wildman–Crippen MR) is 99.6 cm³/mol. The van der Waals surface area contributed by atoms with Crippen LogP contribution >= 0.6 is 12.4 Å². The maximum atomic E-state index is 13.6. The van der Waals surface area contributed by atoms with Gasteiger partial charge in [-0.15, -0.1) is 12.4 Å². The highest BCUT2D eigenvalue weighted by molar-refractivity contribution is 5.85. The third-order valence-corrected chi connectivity index (χ3v) is 4.70. The molecule has 1 fully saturated rings. The molecule has 1 N–H and O–H groups in total. The molecule has 4 nitrogen and oxygen atoms in total. The first kappa shape index (κ1) is 17.9. The van der Waals surface area contributed by atoms with Crippen LogP contribution < -0.4 is 5.32 Å². The molecule has 4 rings (SSSR count). The van der Waals surface area contributed by atoms with E-state index in [9.17, 15) is 4.39 Å². The zero-order chi connectivity index (χ0) is 16.5. The van der Waals surface area contributed by atoms with Crippen molar-refractivity contribution in [2.24, 2.45) is 0 Å². The van der Waals surface area contributed by atoms with E-state index in [4.69, 9.17) is 0 Å². The monoisotopic (exact) mass is 360 g/mol. The van der Waals surface area contributed by atoms with Gasteiger partial charge in [0.25, 0.3) is 0 Å². The Balaban J connectivity index is 0.00000182. The summed E-state index contributed by atoms with van der Waals surface area (Å²) >= 11 is 0. The Morgan fingerprint density at radius 3 is 3.00 bits per heavy atom. The van der Waals surface area contributed by atoms with Gasteiger partial charge in [-0.25, -0.2) is 9.37 Å². The van der Waals surface area contributed by atoms with Gasteiger partial charge in [-0.1, -0.05) is 12.1 Å². The van der Waals surface area contributed by atoms with E-state index in [1.807, 2.05) is 12.3 Å². The van der Waals surface area contributed by atoms with Crippen molar-refractivity contribution in [3.63, 3.8) is 0 Å². The van der Waals surface area contributed by atoms with E-state index < -0.39 is 0 Å². The van der Waals surface area contributed by atoms with Crippen LogP contribution in [0.25, 0.3) is 5.65 Å². The average molecular weight is 361 g/mol. The number of imidazole rings is 1. The highest BCUT2D eigenvalue weighted by atomic mass is 35.5. The second-order valence-electron chi connectivity index (χ2n) is 6.43. The molecule has 25 heavy (non-hydrogen) atoms. The van der Waals surface area contributed by atoms with Crippen LogP contribution in [-0.4, -0.2) is 33.9 Å². The summed E-state index contributed by atoms with van der Waals surface area (Å²) in [6.45, 7) is 5.58. The van der Waals surface area contributed by atoms with Gasteiger partial charge in [0.15, 0.2) is 0 Å². The van der Waals surface area contributed by atoms with Gasteiger partial charge in [-0.05, 0) is 42.3 Å².